The maximum Gasteiger partial charge on any atom is 0.230 e. The van der Waals surface area contributed by atoms with Crippen LogP contribution in [-0.4, -0.2) is 33.0 Å². The van der Waals surface area contributed by atoms with Crippen molar-refractivity contribution in [3.8, 4) is 11.5 Å². The van der Waals surface area contributed by atoms with Crippen molar-refractivity contribution in [3.63, 3.8) is 0 Å². The molecule has 3 aromatic rings. The van der Waals surface area contributed by atoms with Crippen molar-refractivity contribution in [1.29, 1.82) is 0 Å². The summed E-state index contributed by atoms with van der Waals surface area (Å²) < 4.78 is 13.6. The van der Waals surface area contributed by atoms with Crippen LogP contribution in [0.25, 0.3) is 0 Å². The Morgan fingerprint density at radius 1 is 1.09 bits per heavy atom. The highest BCUT2D eigenvalue weighted by atomic mass is 32.2. The number of hydrogen-bond acceptors (Lipinski definition) is 6. The van der Waals surface area contributed by atoms with Crippen molar-refractivity contribution in [2.75, 3.05) is 12.4 Å². The van der Waals surface area contributed by atoms with Gasteiger partial charge in [0.15, 0.2) is 22.5 Å². The summed E-state index contributed by atoms with van der Waals surface area (Å²) in [6.45, 7) is 9.47. The summed E-state index contributed by atoms with van der Waals surface area (Å²) in [5, 5.41) is 12.3. The van der Waals surface area contributed by atoms with Gasteiger partial charge in [-0.05, 0) is 51.0 Å². The Bertz CT molecular complexity index is 1020. The number of aryl methyl sites for hydroxylation is 1. The molecule has 1 N–H and O–H groups in total. The number of nitrogens with one attached hydrogen (secondary N) is 1. The lowest BCUT2D eigenvalue weighted by Crippen LogP contribution is -2.28. The number of carbonyl (C=O) groups excluding carboxylic acids is 1. The maximum absolute atomic E-state index is 12.4. The Kier molecular flexibility index (Phi) is 8.56. The monoisotopic (exact) mass is 454 g/mol. The van der Waals surface area contributed by atoms with E-state index in [4.69, 9.17) is 9.47 Å². The third-order valence-corrected chi connectivity index (χ3v) is 5.84. The van der Waals surface area contributed by atoms with E-state index < -0.39 is 0 Å². The molecule has 0 radical (unpaired) electrons. The van der Waals surface area contributed by atoms with Crippen LogP contribution >= 0.6 is 11.8 Å². The van der Waals surface area contributed by atoms with E-state index in [2.05, 4.69) is 15.5 Å². The summed E-state index contributed by atoms with van der Waals surface area (Å²) >= 11 is 1.37. The summed E-state index contributed by atoms with van der Waals surface area (Å²) in [6.07, 6.45) is 0. The Morgan fingerprint density at radius 3 is 2.59 bits per heavy atom. The van der Waals surface area contributed by atoms with Gasteiger partial charge in [-0.2, -0.15) is 0 Å². The van der Waals surface area contributed by atoms with E-state index in [0.717, 1.165) is 11.1 Å². The molecule has 0 saturated carbocycles. The summed E-state index contributed by atoms with van der Waals surface area (Å²) in [5.41, 5.74) is 2.18. The summed E-state index contributed by atoms with van der Waals surface area (Å²) in [6, 6.07) is 15.7. The van der Waals surface area contributed by atoms with E-state index in [1.807, 2.05) is 80.8 Å². The highest BCUT2D eigenvalue weighted by molar-refractivity contribution is 7.99. The van der Waals surface area contributed by atoms with E-state index in [0.29, 0.717) is 35.6 Å². The molecule has 0 aliphatic heterocycles. The predicted octanol–water partition coefficient (Wildman–Crippen LogP) is 4.55. The molecule has 1 aromatic heterocycles. The van der Waals surface area contributed by atoms with Gasteiger partial charge in [0.25, 0.3) is 0 Å². The summed E-state index contributed by atoms with van der Waals surface area (Å²) in [4.78, 5) is 12.4. The molecule has 8 heteroatoms. The second-order valence-electron chi connectivity index (χ2n) is 7.30. The van der Waals surface area contributed by atoms with Gasteiger partial charge in [0, 0.05) is 6.54 Å². The van der Waals surface area contributed by atoms with Crippen molar-refractivity contribution in [2.45, 2.75) is 52.0 Å². The highest BCUT2D eigenvalue weighted by Crippen LogP contribution is 2.29. The predicted molar refractivity (Wildman–Crippen MR) is 126 cm³/mol. The van der Waals surface area contributed by atoms with E-state index >= 15 is 0 Å². The van der Waals surface area contributed by atoms with E-state index in [1.54, 1.807) is 0 Å². The minimum Gasteiger partial charge on any atom is -0.490 e. The molecule has 0 saturated heterocycles. The molecule has 0 spiro atoms. The number of carbonyl (C=O) groups is 1. The summed E-state index contributed by atoms with van der Waals surface area (Å²) in [7, 11) is 0. The number of thioether (sulfide) groups is 1. The van der Waals surface area contributed by atoms with Crippen LogP contribution in [0.1, 0.15) is 43.8 Å². The van der Waals surface area contributed by atoms with E-state index in [-0.39, 0.29) is 24.3 Å². The molecule has 0 aliphatic carbocycles. The first-order valence-electron chi connectivity index (χ1n) is 10.8. The average molecular weight is 455 g/mol. The topological polar surface area (TPSA) is 78.3 Å². The number of nitrogens with zero attached hydrogens (tertiary/aromatic N) is 3. The molecule has 0 aliphatic rings. The van der Waals surface area contributed by atoms with Crippen molar-refractivity contribution >= 4 is 17.7 Å². The lowest BCUT2D eigenvalue weighted by atomic mass is 10.1. The minimum atomic E-state index is -0.0497. The largest absolute Gasteiger partial charge is 0.490 e. The number of ether oxygens (including phenoxy) is 2. The standard InChI is InChI=1S/C24H30N4O3S/c1-5-28-22(15-31-20-13-12-17(3)14-21(20)30-6-2)26-27-24(28)32-16-23(29)25-18(4)19-10-8-7-9-11-19/h7-14,18H,5-6,15-16H2,1-4H3,(H,25,29)/t18-/m0/s1. The molecule has 0 bridgehead atoms. The number of rotatable bonds is 11. The maximum atomic E-state index is 12.4. The van der Waals surface area contributed by atoms with Crippen LogP contribution in [0.3, 0.4) is 0 Å². The van der Waals surface area contributed by atoms with Gasteiger partial charge in [-0.25, -0.2) is 0 Å². The number of hydrogen-bond donors (Lipinski definition) is 1. The van der Waals surface area contributed by atoms with Crippen LogP contribution < -0.4 is 14.8 Å². The average Bonchev–Trinajstić information content (AvgIpc) is 3.19. The van der Waals surface area contributed by atoms with Gasteiger partial charge in [0.2, 0.25) is 5.91 Å². The Labute approximate surface area is 193 Å². The van der Waals surface area contributed by atoms with Crippen LogP contribution in [0.4, 0.5) is 0 Å². The zero-order valence-corrected chi connectivity index (χ0v) is 19.8. The van der Waals surface area contributed by atoms with Gasteiger partial charge in [-0.15, -0.1) is 10.2 Å². The zero-order chi connectivity index (χ0) is 22.9. The molecule has 170 valence electrons. The third kappa shape index (κ3) is 6.26. The number of aromatic nitrogens is 3. The molecule has 2 aromatic carbocycles. The fraction of sp³-hybridized carbons (Fsp3) is 0.375. The molecule has 0 unspecified atom stereocenters. The second kappa shape index (κ2) is 11.6. The smallest absolute Gasteiger partial charge is 0.230 e. The highest BCUT2D eigenvalue weighted by Gasteiger charge is 2.16. The van der Waals surface area contributed by atoms with Gasteiger partial charge < -0.3 is 19.4 Å². The molecular weight excluding hydrogens is 424 g/mol. The molecule has 1 heterocycles. The normalized spacial score (nSPS) is 11.8. The van der Waals surface area contributed by atoms with Crippen LogP contribution in [0.5, 0.6) is 11.5 Å². The first kappa shape index (κ1) is 23.7. The Balaban J connectivity index is 1.58. The molecule has 1 atom stereocenters. The Hall–Kier alpha value is -3.00. The third-order valence-electron chi connectivity index (χ3n) is 4.87. The van der Waals surface area contributed by atoms with Gasteiger partial charge in [-0.3, -0.25) is 4.79 Å². The fourth-order valence-corrected chi connectivity index (χ4v) is 4.07. The minimum absolute atomic E-state index is 0.0455. The first-order valence-corrected chi connectivity index (χ1v) is 11.8. The quantitative estimate of drug-likeness (QED) is 0.428. The molecule has 7 nitrogen and oxygen atoms in total. The summed E-state index contributed by atoms with van der Waals surface area (Å²) in [5.74, 6) is 2.31. The molecule has 32 heavy (non-hydrogen) atoms. The molecule has 3 rings (SSSR count). The van der Waals surface area contributed by atoms with Gasteiger partial charge in [0.05, 0.1) is 18.4 Å². The van der Waals surface area contributed by atoms with Crippen LogP contribution in [-0.2, 0) is 17.9 Å². The van der Waals surface area contributed by atoms with Crippen LogP contribution in [0.2, 0.25) is 0 Å². The number of benzene rings is 2. The van der Waals surface area contributed by atoms with Gasteiger partial charge in [0.1, 0.15) is 6.61 Å². The van der Waals surface area contributed by atoms with Gasteiger partial charge in [-0.1, -0.05) is 48.2 Å². The molecular formula is C24H30N4O3S. The van der Waals surface area contributed by atoms with E-state index in [1.165, 1.54) is 11.8 Å². The lowest BCUT2D eigenvalue weighted by molar-refractivity contribution is -0.119. The SMILES string of the molecule is CCOc1cc(C)ccc1OCc1nnc(SCC(=O)N[C@@H](C)c2ccccc2)n1CC. The zero-order valence-electron chi connectivity index (χ0n) is 19.0. The van der Waals surface area contributed by atoms with Crippen molar-refractivity contribution in [1.82, 2.24) is 20.1 Å². The number of amides is 1. The van der Waals surface area contributed by atoms with Crippen LogP contribution in [0.15, 0.2) is 53.7 Å². The Morgan fingerprint density at radius 2 is 1.88 bits per heavy atom. The first-order chi connectivity index (χ1) is 15.5. The van der Waals surface area contributed by atoms with Crippen LogP contribution in [0, 0.1) is 6.92 Å². The lowest BCUT2D eigenvalue weighted by Gasteiger charge is -2.14. The van der Waals surface area contributed by atoms with Crippen molar-refractivity contribution in [2.24, 2.45) is 0 Å². The fourth-order valence-electron chi connectivity index (χ4n) is 3.23. The van der Waals surface area contributed by atoms with Gasteiger partial charge >= 0.3 is 0 Å². The van der Waals surface area contributed by atoms with E-state index in [9.17, 15) is 4.79 Å². The molecule has 1 amide bonds. The van der Waals surface area contributed by atoms with Crippen molar-refractivity contribution < 1.29 is 14.3 Å². The van der Waals surface area contributed by atoms with Crippen molar-refractivity contribution in [3.05, 3.63) is 65.5 Å². The second-order valence-corrected chi connectivity index (χ2v) is 8.25. The molecule has 0 fully saturated rings.